The summed E-state index contributed by atoms with van der Waals surface area (Å²) < 4.78 is 2.63. The van der Waals surface area contributed by atoms with Crippen molar-refractivity contribution in [3.8, 4) is 11.3 Å². The van der Waals surface area contributed by atoms with E-state index in [2.05, 4.69) is 114 Å². The molecule has 0 amide bonds. The fraction of sp³-hybridized carbons (Fsp3) is 0.265. The number of pyridine rings is 1. The van der Waals surface area contributed by atoms with Gasteiger partial charge in [0.15, 0.2) is 0 Å². The van der Waals surface area contributed by atoms with Crippen LogP contribution in [0.4, 0.5) is 0 Å². The van der Waals surface area contributed by atoms with Gasteiger partial charge in [-0.3, -0.25) is 4.98 Å². The molecule has 0 aliphatic heterocycles. The summed E-state index contributed by atoms with van der Waals surface area (Å²) in [6.07, 6.45) is 3.06. The fourth-order valence-electron chi connectivity index (χ4n) is 5.53. The molecule has 2 heteroatoms. The van der Waals surface area contributed by atoms with Crippen LogP contribution in [0.25, 0.3) is 53.0 Å². The Labute approximate surface area is 217 Å². The van der Waals surface area contributed by atoms with Crippen molar-refractivity contribution < 1.29 is 0 Å². The first-order chi connectivity index (χ1) is 17.1. The van der Waals surface area contributed by atoms with Gasteiger partial charge in [-0.05, 0) is 68.1 Å². The van der Waals surface area contributed by atoms with E-state index < -0.39 is 0 Å². The molecule has 0 aliphatic rings. The first-order valence-electron chi connectivity index (χ1n) is 12.8. The number of nitrogens with zero attached hydrogens (tertiary/aromatic N) is 1. The second-order valence-corrected chi connectivity index (χ2v) is 13.4. The molecule has 0 aliphatic carbocycles. The van der Waals surface area contributed by atoms with E-state index in [1.54, 1.807) is 0 Å². The topological polar surface area (TPSA) is 12.9 Å². The van der Waals surface area contributed by atoms with E-state index in [-0.39, 0.29) is 10.8 Å². The first-order valence-corrected chi connectivity index (χ1v) is 13.7. The van der Waals surface area contributed by atoms with E-state index in [1.165, 1.54) is 58.4 Å². The Kier molecular flexibility index (Phi) is 5.25. The number of fused-ring (bicyclic) bond motifs is 6. The summed E-state index contributed by atoms with van der Waals surface area (Å²) in [5, 5.41) is 7.89. The quantitative estimate of drug-likeness (QED) is 0.237. The number of benzene rings is 4. The van der Waals surface area contributed by atoms with E-state index >= 15 is 0 Å². The van der Waals surface area contributed by atoms with Crippen LogP contribution in [0.5, 0.6) is 0 Å². The minimum Gasteiger partial charge on any atom is -0.255 e. The lowest BCUT2D eigenvalue weighted by atomic mass is 9.82. The van der Waals surface area contributed by atoms with Gasteiger partial charge in [0.05, 0.1) is 10.4 Å². The van der Waals surface area contributed by atoms with E-state index in [9.17, 15) is 0 Å². The van der Waals surface area contributed by atoms with E-state index in [0.717, 1.165) is 12.1 Å². The third-order valence-electron chi connectivity index (χ3n) is 7.11. The Hall–Kier alpha value is -3.23. The van der Waals surface area contributed by atoms with Gasteiger partial charge in [0.2, 0.25) is 0 Å². The summed E-state index contributed by atoms with van der Waals surface area (Å²) in [6, 6.07) is 27.2. The SMILES string of the molecule is CC(C)(C)Cc1ccc2c(ccc3c4ccnc(-c5cc(C(C)(C)C)c6ccccc6c5)c4sc23)c1. The maximum absolute atomic E-state index is 4.95. The monoisotopic (exact) mass is 487 g/mol. The molecule has 4 aromatic carbocycles. The molecule has 0 saturated heterocycles. The van der Waals surface area contributed by atoms with E-state index in [0.29, 0.717) is 0 Å². The summed E-state index contributed by atoms with van der Waals surface area (Å²) in [6.45, 7) is 13.8. The average molecular weight is 488 g/mol. The molecule has 0 radical (unpaired) electrons. The van der Waals surface area contributed by atoms with Crippen LogP contribution in [0.3, 0.4) is 0 Å². The summed E-state index contributed by atoms with van der Waals surface area (Å²) in [4.78, 5) is 4.95. The van der Waals surface area contributed by atoms with Crippen LogP contribution in [0.2, 0.25) is 0 Å². The average Bonchev–Trinajstić information content (AvgIpc) is 3.20. The second-order valence-electron chi connectivity index (χ2n) is 12.4. The van der Waals surface area contributed by atoms with Crippen molar-refractivity contribution >= 4 is 53.1 Å². The smallest absolute Gasteiger partial charge is 0.0880 e. The Morgan fingerprint density at radius 2 is 1.39 bits per heavy atom. The molecular formula is C34H33NS. The zero-order chi connectivity index (χ0) is 25.2. The van der Waals surface area contributed by atoms with Crippen LogP contribution in [-0.4, -0.2) is 4.98 Å². The van der Waals surface area contributed by atoms with Crippen LogP contribution in [-0.2, 0) is 11.8 Å². The van der Waals surface area contributed by atoms with Crippen LogP contribution in [0.15, 0.2) is 79.0 Å². The Morgan fingerprint density at radius 3 is 2.17 bits per heavy atom. The highest BCUT2D eigenvalue weighted by molar-refractivity contribution is 7.27. The summed E-state index contributed by atoms with van der Waals surface area (Å²) in [5.74, 6) is 0. The van der Waals surface area contributed by atoms with E-state index in [4.69, 9.17) is 4.98 Å². The van der Waals surface area contributed by atoms with Crippen molar-refractivity contribution in [1.82, 2.24) is 4.98 Å². The van der Waals surface area contributed by atoms with Gasteiger partial charge in [0, 0.05) is 27.2 Å². The molecule has 180 valence electrons. The molecule has 0 unspecified atom stereocenters. The molecule has 6 rings (SSSR count). The van der Waals surface area contributed by atoms with Gasteiger partial charge >= 0.3 is 0 Å². The van der Waals surface area contributed by atoms with Crippen LogP contribution >= 0.6 is 11.3 Å². The van der Waals surface area contributed by atoms with Gasteiger partial charge in [-0.25, -0.2) is 0 Å². The lowest BCUT2D eigenvalue weighted by molar-refractivity contribution is 0.411. The molecule has 0 fully saturated rings. The molecule has 2 aromatic heterocycles. The maximum atomic E-state index is 4.95. The van der Waals surface area contributed by atoms with Gasteiger partial charge in [0.25, 0.3) is 0 Å². The molecule has 2 heterocycles. The highest BCUT2D eigenvalue weighted by Gasteiger charge is 2.20. The normalized spacial score (nSPS) is 12.8. The van der Waals surface area contributed by atoms with Gasteiger partial charge in [0.1, 0.15) is 0 Å². The largest absolute Gasteiger partial charge is 0.255 e. The van der Waals surface area contributed by atoms with Gasteiger partial charge < -0.3 is 0 Å². The van der Waals surface area contributed by atoms with Crippen molar-refractivity contribution in [3.05, 3.63) is 90.1 Å². The maximum Gasteiger partial charge on any atom is 0.0880 e. The molecule has 0 N–H and O–H groups in total. The van der Waals surface area contributed by atoms with Crippen molar-refractivity contribution in [3.63, 3.8) is 0 Å². The third-order valence-corrected chi connectivity index (χ3v) is 8.37. The van der Waals surface area contributed by atoms with Crippen LogP contribution in [0, 0.1) is 5.41 Å². The van der Waals surface area contributed by atoms with Crippen molar-refractivity contribution in [2.45, 2.75) is 53.4 Å². The zero-order valence-electron chi connectivity index (χ0n) is 22.1. The van der Waals surface area contributed by atoms with E-state index in [1.807, 2.05) is 17.5 Å². The number of aromatic nitrogens is 1. The predicted octanol–water partition coefficient (Wildman–Crippen LogP) is 10.3. The Balaban J connectivity index is 1.59. The molecule has 36 heavy (non-hydrogen) atoms. The summed E-state index contributed by atoms with van der Waals surface area (Å²) in [5.41, 5.74) is 5.39. The fourth-order valence-corrected chi connectivity index (χ4v) is 6.88. The highest BCUT2D eigenvalue weighted by Crippen LogP contribution is 2.43. The lowest BCUT2D eigenvalue weighted by Crippen LogP contribution is -2.12. The molecule has 1 nitrogen and oxygen atoms in total. The molecular weight excluding hydrogens is 454 g/mol. The number of hydrogen-bond donors (Lipinski definition) is 0. The molecule has 0 spiro atoms. The standard InChI is InChI=1S/C34H33NS/c1-33(2,3)20-21-11-13-26-23(17-21)12-14-27-28-15-16-35-30(32(28)36-31(26)27)24-18-22-9-7-8-10-25(22)29(19-24)34(4,5)6/h7-19H,20H2,1-6H3. The van der Waals surface area contributed by atoms with Crippen LogP contribution < -0.4 is 0 Å². The minimum absolute atomic E-state index is 0.0463. The summed E-state index contributed by atoms with van der Waals surface area (Å²) in [7, 11) is 0. The second kappa shape index (κ2) is 8.15. The van der Waals surface area contributed by atoms with Gasteiger partial charge in [-0.15, -0.1) is 11.3 Å². The van der Waals surface area contributed by atoms with Crippen molar-refractivity contribution in [2.75, 3.05) is 0 Å². The molecule has 0 atom stereocenters. The zero-order valence-corrected chi connectivity index (χ0v) is 22.9. The van der Waals surface area contributed by atoms with Crippen LogP contribution in [0.1, 0.15) is 52.7 Å². The predicted molar refractivity (Wildman–Crippen MR) is 159 cm³/mol. The lowest BCUT2D eigenvalue weighted by Gasteiger charge is -2.22. The van der Waals surface area contributed by atoms with Crippen molar-refractivity contribution in [1.29, 1.82) is 0 Å². The Bertz CT molecular complexity index is 1770. The minimum atomic E-state index is 0.0463. The molecule has 0 saturated carbocycles. The highest BCUT2D eigenvalue weighted by atomic mass is 32.1. The summed E-state index contributed by atoms with van der Waals surface area (Å²) >= 11 is 1.89. The molecule has 0 bridgehead atoms. The van der Waals surface area contributed by atoms with Gasteiger partial charge in [-0.1, -0.05) is 96.1 Å². The molecule has 6 aromatic rings. The third kappa shape index (κ3) is 3.98. The number of hydrogen-bond acceptors (Lipinski definition) is 2. The number of rotatable bonds is 2. The first kappa shape index (κ1) is 23.2. The van der Waals surface area contributed by atoms with Crippen molar-refractivity contribution in [2.24, 2.45) is 5.41 Å². The van der Waals surface area contributed by atoms with Gasteiger partial charge in [-0.2, -0.15) is 0 Å². The Morgan fingerprint density at radius 1 is 0.667 bits per heavy atom. The number of thiophene rings is 1.